The van der Waals surface area contributed by atoms with Gasteiger partial charge in [-0.2, -0.15) is 0 Å². The van der Waals surface area contributed by atoms with Gasteiger partial charge in [-0.1, -0.05) is 30.3 Å². The second-order valence-electron chi connectivity index (χ2n) is 2.23. The fourth-order valence-corrected chi connectivity index (χ4v) is 1.37. The molecule has 0 aromatic heterocycles. The summed E-state index contributed by atoms with van der Waals surface area (Å²) in [4.78, 5) is 10.7. The highest BCUT2D eigenvalue weighted by molar-refractivity contribution is 8.12. The summed E-state index contributed by atoms with van der Waals surface area (Å²) in [6.07, 6.45) is 0. The number of rotatable bonds is 2. The van der Waals surface area contributed by atoms with Crippen molar-refractivity contribution in [3.8, 4) is 0 Å². The standard InChI is InChI=1S/C9H10O2S/c1-11-9(10)12-7-8-5-3-2-4-6-8/h2-6H,7H2,1H3. The van der Waals surface area contributed by atoms with Crippen molar-refractivity contribution in [2.24, 2.45) is 0 Å². The van der Waals surface area contributed by atoms with Crippen LogP contribution in [0, 0.1) is 0 Å². The number of carbonyl (C=O) groups excluding carboxylic acids is 1. The van der Waals surface area contributed by atoms with Gasteiger partial charge < -0.3 is 4.74 Å². The summed E-state index contributed by atoms with van der Waals surface area (Å²) >= 11 is 1.17. The summed E-state index contributed by atoms with van der Waals surface area (Å²) in [6.45, 7) is 0. The van der Waals surface area contributed by atoms with E-state index in [4.69, 9.17) is 0 Å². The molecule has 0 saturated heterocycles. The Balaban J connectivity index is 2.38. The van der Waals surface area contributed by atoms with Crippen LogP contribution in [0.4, 0.5) is 4.79 Å². The Morgan fingerprint density at radius 3 is 2.67 bits per heavy atom. The van der Waals surface area contributed by atoms with Crippen LogP contribution in [0.3, 0.4) is 0 Å². The number of hydrogen-bond acceptors (Lipinski definition) is 3. The zero-order chi connectivity index (χ0) is 8.81. The number of carbonyl (C=O) groups is 1. The molecule has 0 aliphatic carbocycles. The molecule has 2 nitrogen and oxygen atoms in total. The van der Waals surface area contributed by atoms with Crippen molar-refractivity contribution in [3.63, 3.8) is 0 Å². The Labute approximate surface area is 75.9 Å². The quantitative estimate of drug-likeness (QED) is 0.658. The Hall–Kier alpha value is -0.960. The van der Waals surface area contributed by atoms with E-state index in [1.807, 2.05) is 30.3 Å². The van der Waals surface area contributed by atoms with Crippen molar-refractivity contribution in [2.45, 2.75) is 5.75 Å². The molecular weight excluding hydrogens is 172 g/mol. The Kier molecular flexibility index (Phi) is 3.67. The van der Waals surface area contributed by atoms with Gasteiger partial charge in [-0.3, -0.25) is 0 Å². The van der Waals surface area contributed by atoms with Crippen LogP contribution in [-0.4, -0.2) is 12.4 Å². The smallest absolute Gasteiger partial charge is 0.367 e. The van der Waals surface area contributed by atoms with Crippen LogP contribution in [0.5, 0.6) is 0 Å². The number of benzene rings is 1. The molecule has 0 aliphatic rings. The minimum absolute atomic E-state index is 0.237. The highest BCUT2D eigenvalue weighted by atomic mass is 32.2. The Morgan fingerprint density at radius 2 is 2.08 bits per heavy atom. The lowest BCUT2D eigenvalue weighted by atomic mass is 10.2. The predicted molar refractivity (Wildman–Crippen MR) is 50.1 cm³/mol. The fourth-order valence-electron chi connectivity index (χ4n) is 0.775. The molecule has 0 N–H and O–H groups in total. The number of hydrogen-bond donors (Lipinski definition) is 0. The summed E-state index contributed by atoms with van der Waals surface area (Å²) in [5.41, 5.74) is 1.13. The van der Waals surface area contributed by atoms with Crippen molar-refractivity contribution >= 4 is 17.1 Å². The summed E-state index contributed by atoms with van der Waals surface area (Å²) in [7, 11) is 1.39. The van der Waals surface area contributed by atoms with Crippen LogP contribution in [0.2, 0.25) is 0 Å². The highest BCUT2D eigenvalue weighted by Crippen LogP contribution is 2.13. The molecule has 64 valence electrons. The van der Waals surface area contributed by atoms with Gasteiger partial charge in [0.2, 0.25) is 0 Å². The molecule has 0 bridgehead atoms. The molecule has 0 fully saturated rings. The number of ether oxygens (including phenoxy) is 1. The van der Waals surface area contributed by atoms with E-state index >= 15 is 0 Å². The Morgan fingerprint density at radius 1 is 1.42 bits per heavy atom. The first-order chi connectivity index (χ1) is 5.83. The molecule has 1 aromatic rings. The minimum atomic E-state index is -0.237. The molecule has 12 heavy (non-hydrogen) atoms. The third kappa shape index (κ3) is 2.96. The van der Waals surface area contributed by atoms with Crippen molar-refractivity contribution in [3.05, 3.63) is 35.9 Å². The first-order valence-electron chi connectivity index (χ1n) is 3.57. The molecule has 1 rings (SSSR count). The maximum absolute atomic E-state index is 10.7. The van der Waals surface area contributed by atoms with Gasteiger partial charge >= 0.3 is 5.30 Å². The van der Waals surface area contributed by atoms with E-state index in [9.17, 15) is 4.79 Å². The van der Waals surface area contributed by atoms with E-state index in [1.54, 1.807) is 0 Å². The lowest BCUT2D eigenvalue weighted by molar-refractivity contribution is 0.200. The first kappa shape index (κ1) is 9.13. The molecular formula is C9H10O2S. The molecule has 0 saturated carbocycles. The average molecular weight is 182 g/mol. The van der Waals surface area contributed by atoms with Crippen molar-refractivity contribution in [1.29, 1.82) is 0 Å². The predicted octanol–water partition coefficient (Wildman–Crippen LogP) is 2.69. The second kappa shape index (κ2) is 4.83. The van der Waals surface area contributed by atoms with Gasteiger partial charge in [-0.05, 0) is 17.3 Å². The largest absolute Gasteiger partial charge is 0.461 e. The van der Waals surface area contributed by atoms with E-state index in [0.29, 0.717) is 5.75 Å². The van der Waals surface area contributed by atoms with Crippen LogP contribution in [0.15, 0.2) is 30.3 Å². The van der Waals surface area contributed by atoms with Crippen LogP contribution in [0.25, 0.3) is 0 Å². The maximum Gasteiger partial charge on any atom is 0.367 e. The molecule has 0 atom stereocenters. The average Bonchev–Trinajstić information content (AvgIpc) is 2.16. The van der Waals surface area contributed by atoms with Crippen LogP contribution >= 0.6 is 11.8 Å². The van der Waals surface area contributed by atoms with Crippen LogP contribution < -0.4 is 0 Å². The first-order valence-corrected chi connectivity index (χ1v) is 4.56. The van der Waals surface area contributed by atoms with Gasteiger partial charge in [-0.25, -0.2) is 4.79 Å². The number of thioether (sulfide) groups is 1. The second-order valence-corrected chi connectivity index (χ2v) is 3.14. The zero-order valence-electron chi connectivity index (χ0n) is 6.82. The van der Waals surface area contributed by atoms with Crippen LogP contribution in [0.1, 0.15) is 5.56 Å². The lowest BCUT2D eigenvalue weighted by Crippen LogP contribution is -1.91. The fraction of sp³-hybridized carbons (Fsp3) is 0.222. The van der Waals surface area contributed by atoms with Gasteiger partial charge in [0.05, 0.1) is 7.11 Å². The van der Waals surface area contributed by atoms with Crippen molar-refractivity contribution in [2.75, 3.05) is 7.11 Å². The highest BCUT2D eigenvalue weighted by Gasteiger charge is 2.00. The molecule has 0 heterocycles. The van der Waals surface area contributed by atoms with E-state index in [-0.39, 0.29) is 5.30 Å². The van der Waals surface area contributed by atoms with Crippen molar-refractivity contribution in [1.82, 2.24) is 0 Å². The third-order valence-corrected chi connectivity index (χ3v) is 2.25. The van der Waals surface area contributed by atoms with E-state index in [0.717, 1.165) is 5.56 Å². The molecule has 0 spiro atoms. The van der Waals surface area contributed by atoms with Gasteiger partial charge in [0.25, 0.3) is 0 Å². The molecule has 0 unspecified atom stereocenters. The minimum Gasteiger partial charge on any atom is -0.461 e. The lowest BCUT2D eigenvalue weighted by Gasteiger charge is -1.98. The molecule has 3 heteroatoms. The van der Waals surface area contributed by atoms with Gasteiger partial charge in [0.1, 0.15) is 0 Å². The summed E-state index contributed by atoms with van der Waals surface area (Å²) in [5.74, 6) is 0.674. The van der Waals surface area contributed by atoms with Crippen molar-refractivity contribution < 1.29 is 9.53 Å². The van der Waals surface area contributed by atoms with Gasteiger partial charge in [0, 0.05) is 5.75 Å². The summed E-state index contributed by atoms with van der Waals surface area (Å²) in [5, 5.41) is -0.237. The zero-order valence-corrected chi connectivity index (χ0v) is 7.64. The SMILES string of the molecule is COC(=O)SCc1ccccc1. The maximum atomic E-state index is 10.7. The molecule has 0 amide bonds. The van der Waals surface area contributed by atoms with Gasteiger partial charge in [-0.15, -0.1) is 0 Å². The topological polar surface area (TPSA) is 26.3 Å². The molecule has 0 radical (unpaired) electrons. The van der Waals surface area contributed by atoms with Gasteiger partial charge in [0.15, 0.2) is 0 Å². The summed E-state index contributed by atoms with van der Waals surface area (Å²) < 4.78 is 4.50. The monoisotopic (exact) mass is 182 g/mol. The molecule has 1 aromatic carbocycles. The Bertz CT molecular complexity index is 246. The van der Waals surface area contributed by atoms with Crippen LogP contribution in [-0.2, 0) is 10.5 Å². The summed E-state index contributed by atoms with van der Waals surface area (Å²) in [6, 6.07) is 9.82. The van der Waals surface area contributed by atoms with E-state index < -0.39 is 0 Å². The van der Waals surface area contributed by atoms with E-state index in [1.165, 1.54) is 18.9 Å². The normalized spacial score (nSPS) is 9.42. The molecule has 0 aliphatic heterocycles. The van der Waals surface area contributed by atoms with E-state index in [2.05, 4.69) is 4.74 Å². The third-order valence-electron chi connectivity index (χ3n) is 1.37. The number of methoxy groups -OCH3 is 1.